The Kier molecular flexibility index (Phi) is 3.54. The number of nitrogens with one attached hydrogen (secondary N) is 1. The summed E-state index contributed by atoms with van der Waals surface area (Å²) in [4.78, 5) is 14.2. The number of aromatic amines is 1. The number of aliphatic carboxylic acids is 1. The lowest BCUT2D eigenvalue weighted by molar-refractivity contribution is -0.136. The van der Waals surface area contributed by atoms with Crippen LogP contribution >= 0.6 is 0 Å². The maximum absolute atomic E-state index is 10.7. The predicted octanol–water partition coefficient (Wildman–Crippen LogP) is 5.01. The first kappa shape index (κ1) is 14.5. The van der Waals surface area contributed by atoms with Gasteiger partial charge in [0, 0.05) is 28.6 Å². The van der Waals surface area contributed by atoms with Crippen molar-refractivity contribution in [3.8, 4) is 11.3 Å². The van der Waals surface area contributed by atoms with E-state index in [4.69, 9.17) is 5.11 Å². The van der Waals surface area contributed by atoms with Gasteiger partial charge in [0.05, 0.1) is 0 Å². The predicted molar refractivity (Wildman–Crippen MR) is 97.2 cm³/mol. The van der Waals surface area contributed by atoms with Crippen LogP contribution in [0.3, 0.4) is 0 Å². The molecule has 3 aromatic carbocycles. The minimum Gasteiger partial charge on any atom is -0.481 e. The average molecular weight is 315 g/mol. The lowest BCUT2D eigenvalue weighted by atomic mass is 10.0. The fourth-order valence-corrected chi connectivity index (χ4v) is 3.19. The Balaban J connectivity index is 1.78. The highest BCUT2D eigenvalue weighted by molar-refractivity contribution is 5.98. The van der Waals surface area contributed by atoms with Crippen LogP contribution in [0.15, 0.2) is 66.7 Å². The van der Waals surface area contributed by atoms with E-state index in [1.54, 1.807) is 0 Å². The van der Waals surface area contributed by atoms with Gasteiger partial charge in [0.15, 0.2) is 0 Å². The fourth-order valence-electron chi connectivity index (χ4n) is 3.19. The highest BCUT2D eigenvalue weighted by Gasteiger charge is 2.08. The molecule has 1 aromatic heterocycles. The van der Waals surface area contributed by atoms with Crippen molar-refractivity contribution in [1.29, 1.82) is 0 Å². The lowest BCUT2D eigenvalue weighted by Gasteiger charge is -2.04. The van der Waals surface area contributed by atoms with E-state index < -0.39 is 5.97 Å². The van der Waals surface area contributed by atoms with Crippen LogP contribution in [0.1, 0.15) is 12.0 Å². The SMILES string of the molecule is O=C(O)CCc1ccc2[nH]c(-c3cccc4ccccc34)cc2c1. The van der Waals surface area contributed by atoms with Gasteiger partial charge in [-0.1, -0.05) is 48.5 Å². The van der Waals surface area contributed by atoms with E-state index in [0.29, 0.717) is 6.42 Å². The Labute approximate surface area is 139 Å². The Hall–Kier alpha value is -3.07. The standard InChI is InChI=1S/C21H17NO2/c23-21(24)11-9-14-8-10-19-16(12-14)13-20(22-19)18-7-3-5-15-4-1-2-6-17(15)18/h1-8,10,12-13,22H,9,11H2,(H,23,24). The van der Waals surface area contributed by atoms with Gasteiger partial charge in [-0.2, -0.15) is 0 Å². The molecule has 0 radical (unpaired) electrons. The number of benzene rings is 3. The largest absolute Gasteiger partial charge is 0.481 e. The Morgan fingerprint density at radius 3 is 2.62 bits per heavy atom. The molecule has 118 valence electrons. The van der Waals surface area contributed by atoms with Crippen LogP contribution < -0.4 is 0 Å². The molecule has 0 aliphatic carbocycles. The maximum Gasteiger partial charge on any atom is 0.303 e. The summed E-state index contributed by atoms with van der Waals surface area (Å²) in [6.45, 7) is 0. The molecule has 0 atom stereocenters. The molecule has 2 N–H and O–H groups in total. The van der Waals surface area contributed by atoms with Crippen LogP contribution in [-0.2, 0) is 11.2 Å². The van der Waals surface area contributed by atoms with Crippen molar-refractivity contribution in [2.75, 3.05) is 0 Å². The molecule has 0 spiro atoms. The number of fused-ring (bicyclic) bond motifs is 2. The third kappa shape index (κ3) is 2.65. The second-order valence-corrected chi connectivity index (χ2v) is 6.03. The van der Waals surface area contributed by atoms with E-state index in [1.807, 2.05) is 18.2 Å². The highest BCUT2D eigenvalue weighted by Crippen LogP contribution is 2.30. The molecule has 0 fully saturated rings. The van der Waals surface area contributed by atoms with Crippen molar-refractivity contribution in [2.45, 2.75) is 12.8 Å². The second kappa shape index (κ2) is 5.85. The van der Waals surface area contributed by atoms with Gasteiger partial charge in [-0.25, -0.2) is 0 Å². The van der Waals surface area contributed by atoms with E-state index in [2.05, 4.69) is 53.5 Å². The Morgan fingerprint density at radius 2 is 1.75 bits per heavy atom. The first-order chi connectivity index (χ1) is 11.7. The van der Waals surface area contributed by atoms with Gasteiger partial charge < -0.3 is 10.1 Å². The molecule has 4 aromatic rings. The van der Waals surface area contributed by atoms with Crippen LogP contribution in [0.5, 0.6) is 0 Å². The monoisotopic (exact) mass is 315 g/mol. The Bertz CT molecular complexity index is 1040. The van der Waals surface area contributed by atoms with Crippen LogP contribution in [0.2, 0.25) is 0 Å². The van der Waals surface area contributed by atoms with Gasteiger partial charge in [-0.05, 0) is 41.0 Å². The molecule has 0 saturated heterocycles. The van der Waals surface area contributed by atoms with Crippen molar-refractivity contribution in [3.05, 3.63) is 72.3 Å². The van der Waals surface area contributed by atoms with Gasteiger partial charge in [-0.15, -0.1) is 0 Å². The van der Waals surface area contributed by atoms with Gasteiger partial charge in [0.1, 0.15) is 0 Å². The van der Waals surface area contributed by atoms with E-state index in [-0.39, 0.29) is 6.42 Å². The number of hydrogen-bond acceptors (Lipinski definition) is 1. The first-order valence-corrected chi connectivity index (χ1v) is 8.02. The van der Waals surface area contributed by atoms with E-state index >= 15 is 0 Å². The summed E-state index contributed by atoms with van der Waals surface area (Å²) >= 11 is 0. The summed E-state index contributed by atoms with van der Waals surface area (Å²) in [7, 11) is 0. The third-order valence-electron chi connectivity index (χ3n) is 4.39. The molecular weight excluding hydrogens is 298 g/mol. The topological polar surface area (TPSA) is 53.1 Å². The van der Waals surface area contributed by atoms with Crippen molar-refractivity contribution >= 4 is 27.6 Å². The number of aryl methyl sites for hydroxylation is 1. The van der Waals surface area contributed by atoms with Gasteiger partial charge >= 0.3 is 5.97 Å². The molecule has 3 nitrogen and oxygen atoms in total. The maximum atomic E-state index is 10.7. The molecule has 1 heterocycles. The molecule has 0 aliphatic heterocycles. The quantitative estimate of drug-likeness (QED) is 0.556. The summed E-state index contributed by atoms with van der Waals surface area (Å²) in [5.74, 6) is -0.763. The summed E-state index contributed by atoms with van der Waals surface area (Å²) < 4.78 is 0. The van der Waals surface area contributed by atoms with Crippen molar-refractivity contribution in [1.82, 2.24) is 4.98 Å². The minimum absolute atomic E-state index is 0.159. The molecule has 0 amide bonds. The molecule has 0 unspecified atom stereocenters. The third-order valence-corrected chi connectivity index (χ3v) is 4.39. The van der Waals surface area contributed by atoms with Crippen LogP contribution in [0.25, 0.3) is 32.9 Å². The number of rotatable bonds is 4. The lowest BCUT2D eigenvalue weighted by Crippen LogP contribution is -1.96. The van der Waals surface area contributed by atoms with Gasteiger partial charge in [-0.3, -0.25) is 4.79 Å². The number of aromatic nitrogens is 1. The minimum atomic E-state index is -0.763. The summed E-state index contributed by atoms with van der Waals surface area (Å²) in [6.07, 6.45) is 0.714. The van der Waals surface area contributed by atoms with E-state index in [0.717, 1.165) is 22.2 Å². The molecule has 3 heteroatoms. The zero-order chi connectivity index (χ0) is 16.5. The van der Waals surface area contributed by atoms with E-state index in [1.165, 1.54) is 16.3 Å². The number of carboxylic acid groups (broad SMARTS) is 1. The van der Waals surface area contributed by atoms with E-state index in [9.17, 15) is 4.79 Å². The number of carbonyl (C=O) groups is 1. The smallest absolute Gasteiger partial charge is 0.303 e. The molecular formula is C21H17NO2. The van der Waals surface area contributed by atoms with Crippen molar-refractivity contribution in [2.24, 2.45) is 0 Å². The zero-order valence-corrected chi connectivity index (χ0v) is 13.1. The molecule has 0 saturated carbocycles. The first-order valence-electron chi connectivity index (χ1n) is 8.02. The van der Waals surface area contributed by atoms with Gasteiger partial charge in [0.2, 0.25) is 0 Å². The van der Waals surface area contributed by atoms with Crippen molar-refractivity contribution in [3.63, 3.8) is 0 Å². The van der Waals surface area contributed by atoms with Crippen LogP contribution in [-0.4, -0.2) is 16.1 Å². The molecule has 4 rings (SSSR count). The molecule has 24 heavy (non-hydrogen) atoms. The highest BCUT2D eigenvalue weighted by atomic mass is 16.4. The fraction of sp³-hybridized carbons (Fsp3) is 0.0952. The van der Waals surface area contributed by atoms with Crippen molar-refractivity contribution < 1.29 is 9.90 Å². The Morgan fingerprint density at radius 1 is 0.917 bits per heavy atom. The van der Waals surface area contributed by atoms with Crippen LogP contribution in [0, 0.1) is 0 Å². The van der Waals surface area contributed by atoms with Gasteiger partial charge in [0.25, 0.3) is 0 Å². The van der Waals surface area contributed by atoms with Crippen LogP contribution in [0.4, 0.5) is 0 Å². The summed E-state index contributed by atoms with van der Waals surface area (Å²) in [5.41, 5.74) is 4.37. The average Bonchev–Trinajstić information content (AvgIpc) is 3.02. The normalized spacial score (nSPS) is 11.2. The summed E-state index contributed by atoms with van der Waals surface area (Å²) in [6, 6.07) is 22.9. The number of carboxylic acids is 1. The summed E-state index contributed by atoms with van der Waals surface area (Å²) in [5, 5.41) is 12.4. The zero-order valence-electron chi connectivity index (χ0n) is 13.1. The molecule has 0 aliphatic rings. The number of hydrogen-bond donors (Lipinski definition) is 2. The second-order valence-electron chi connectivity index (χ2n) is 6.03. The number of H-pyrrole nitrogens is 1. The molecule has 0 bridgehead atoms.